The molecule has 3 atom stereocenters. The van der Waals surface area contributed by atoms with Gasteiger partial charge in [0.05, 0.1) is 10.0 Å². The van der Waals surface area contributed by atoms with Crippen molar-refractivity contribution in [2.45, 2.75) is 52.0 Å². The maximum atomic E-state index is 6.13. The quantitative estimate of drug-likeness (QED) is 0.747. The number of nitrogens with one attached hydrogen (secondary N) is 1. The van der Waals surface area contributed by atoms with Gasteiger partial charge >= 0.3 is 0 Å². The molecule has 1 N–H and O–H groups in total. The smallest absolute Gasteiger partial charge is 0.0595 e. The molecule has 3 heteroatoms. The fourth-order valence-corrected chi connectivity index (χ4v) is 3.59. The van der Waals surface area contributed by atoms with Gasteiger partial charge in [-0.15, -0.1) is 0 Å². The molecule has 1 aromatic carbocycles. The van der Waals surface area contributed by atoms with Crippen molar-refractivity contribution in [3.8, 4) is 0 Å². The van der Waals surface area contributed by atoms with Crippen molar-refractivity contribution in [1.82, 2.24) is 5.32 Å². The molecule has 0 amide bonds. The molecule has 112 valence electrons. The van der Waals surface area contributed by atoms with E-state index in [-0.39, 0.29) is 0 Å². The van der Waals surface area contributed by atoms with Crippen molar-refractivity contribution in [2.24, 2.45) is 11.8 Å². The number of halogens is 2. The van der Waals surface area contributed by atoms with Crippen LogP contribution in [0.25, 0.3) is 0 Å². The molecule has 1 fully saturated rings. The minimum Gasteiger partial charge on any atom is -0.313 e. The SMILES string of the molecule is CCCNC(Cc1ccc(Cl)c(Cl)c1)C1CCC(C)C1. The average molecular weight is 314 g/mol. The normalized spacial score (nSPS) is 24.0. The fourth-order valence-electron chi connectivity index (χ4n) is 3.27. The van der Waals surface area contributed by atoms with E-state index in [4.69, 9.17) is 23.2 Å². The van der Waals surface area contributed by atoms with Gasteiger partial charge in [-0.1, -0.05) is 49.5 Å². The van der Waals surface area contributed by atoms with Crippen LogP contribution in [0.1, 0.15) is 45.1 Å². The standard InChI is InChI=1S/C17H25Cl2N/c1-3-8-20-17(14-6-4-12(2)9-14)11-13-5-7-15(18)16(19)10-13/h5,7,10,12,14,17,20H,3-4,6,8-9,11H2,1-2H3. The zero-order chi connectivity index (χ0) is 14.5. The first kappa shape index (κ1) is 16.1. The molecule has 1 nitrogen and oxygen atoms in total. The van der Waals surface area contributed by atoms with Crippen LogP contribution in [-0.2, 0) is 6.42 Å². The van der Waals surface area contributed by atoms with Crippen LogP contribution in [0.5, 0.6) is 0 Å². The van der Waals surface area contributed by atoms with E-state index in [1.165, 1.54) is 31.2 Å². The van der Waals surface area contributed by atoms with E-state index in [2.05, 4.69) is 25.2 Å². The summed E-state index contributed by atoms with van der Waals surface area (Å²) in [7, 11) is 0. The van der Waals surface area contributed by atoms with Crippen molar-refractivity contribution < 1.29 is 0 Å². The summed E-state index contributed by atoms with van der Waals surface area (Å²) in [4.78, 5) is 0. The van der Waals surface area contributed by atoms with Crippen LogP contribution in [0, 0.1) is 11.8 Å². The molecule has 2 rings (SSSR count). The summed E-state index contributed by atoms with van der Waals surface area (Å²) < 4.78 is 0. The summed E-state index contributed by atoms with van der Waals surface area (Å²) in [5, 5.41) is 5.05. The molecule has 1 aliphatic rings. The Hall–Kier alpha value is -0.240. The molecule has 0 heterocycles. The average Bonchev–Trinajstić information content (AvgIpc) is 2.85. The highest BCUT2D eigenvalue weighted by atomic mass is 35.5. The Kier molecular flexibility index (Phi) is 6.20. The van der Waals surface area contributed by atoms with Crippen molar-refractivity contribution in [3.05, 3.63) is 33.8 Å². The van der Waals surface area contributed by atoms with E-state index in [0.717, 1.165) is 24.8 Å². The van der Waals surface area contributed by atoms with E-state index < -0.39 is 0 Å². The monoisotopic (exact) mass is 313 g/mol. The molecule has 0 spiro atoms. The van der Waals surface area contributed by atoms with Crippen molar-refractivity contribution in [2.75, 3.05) is 6.54 Å². The van der Waals surface area contributed by atoms with E-state index in [1.54, 1.807) is 0 Å². The molecule has 1 aliphatic carbocycles. The lowest BCUT2D eigenvalue weighted by atomic mass is 9.91. The molecule has 3 unspecified atom stereocenters. The second-order valence-electron chi connectivity index (χ2n) is 6.19. The van der Waals surface area contributed by atoms with E-state index in [0.29, 0.717) is 16.1 Å². The predicted molar refractivity (Wildman–Crippen MR) is 88.8 cm³/mol. The van der Waals surface area contributed by atoms with Gasteiger partial charge in [-0.3, -0.25) is 0 Å². The Bertz CT molecular complexity index is 433. The molecule has 20 heavy (non-hydrogen) atoms. The van der Waals surface area contributed by atoms with Gasteiger partial charge in [-0.2, -0.15) is 0 Å². The van der Waals surface area contributed by atoms with Crippen LogP contribution in [-0.4, -0.2) is 12.6 Å². The minimum absolute atomic E-state index is 0.567. The second-order valence-corrected chi connectivity index (χ2v) is 7.01. The number of benzene rings is 1. The largest absolute Gasteiger partial charge is 0.313 e. The molecular formula is C17H25Cl2N. The third kappa shape index (κ3) is 4.38. The third-order valence-electron chi connectivity index (χ3n) is 4.40. The second kappa shape index (κ2) is 7.68. The van der Waals surface area contributed by atoms with Crippen LogP contribution in [0.2, 0.25) is 10.0 Å². The van der Waals surface area contributed by atoms with Gasteiger partial charge in [0.1, 0.15) is 0 Å². The summed E-state index contributed by atoms with van der Waals surface area (Å²) in [6.07, 6.45) is 6.30. The number of hydrogen-bond acceptors (Lipinski definition) is 1. The molecular weight excluding hydrogens is 289 g/mol. The Balaban J connectivity index is 2.04. The van der Waals surface area contributed by atoms with Gasteiger partial charge in [0.25, 0.3) is 0 Å². The number of rotatable bonds is 6. The molecule has 0 aromatic heterocycles. The topological polar surface area (TPSA) is 12.0 Å². The van der Waals surface area contributed by atoms with Gasteiger partial charge < -0.3 is 5.32 Å². The molecule has 1 saturated carbocycles. The maximum Gasteiger partial charge on any atom is 0.0595 e. The lowest BCUT2D eigenvalue weighted by Crippen LogP contribution is -2.37. The molecule has 0 saturated heterocycles. The highest BCUT2D eigenvalue weighted by Gasteiger charge is 2.28. The van der Waals surface area contributed by atoms with Gasteiger partial charge in [-0.25, -0.2) is 0 Å². The van der Waals surface area contributed by atoms with Crippen LogP contribution < -0.4 is 5.32 Å². The Morgan fingerprint density at radius 2 is 2.05 bits per heavy atom. The number of hydrogen-bond donors (Lipinski definition) is 1. The summed E-state index contributed by atoms with van der Waals surface area (Å²) in [5.74, 6) is 1.67. The van der Waals surface area contributed by atoms with Crippen molar-refractivity contribution >= 4 is 23.2 Å². The van der Waals surface area contributed by atoms with Crippen LogP contribution in [0.4, 0.5) is 0 Å². The van der Waals surface area contributed by atoms with Crippen LogP contribution in [0.3, 0.4) is 0 Å². The predicted octanol–water partition coefficient (Wildman–Crippen LogP) is 5.34. The Labute approximate surface area is 133 Å². The lowest BCUT2D eigenvalue weighted by Gasteiger charge is -2.25. The fraction of sp³-hybridized carbons (Fsp3) is 0.647. The first-order valence-corrected chi connectivity index (χ1v) is 8.53. The van der Waals surface area contributed by atoms with Crippen LogP contribution >= 0.6 is 23.2 Å². The molecule has 0 bridgehead atoms. The highest BCUT2D eigenvalue weighted by molar-refractivity contribution is 6.42. The van der Waals surface area contributed by atoms with Gasteiger partial charge in [-0.05, 0) is 61.8 Å². The summed E-state index contributed by atoms with van der Waals surface area (Å²) in [6, 6.07) is 6.60. The zero-order valence-electron chi connectivity index (χ0n) is 12.5. The van der Waals surface area contributed by atoms with Crippen molar-refractivity contribution in [3.63, 3.8) is 0 Å². The first-order valence-electron chi connectivity index (χ1n) is 7.77. The minimum atomic E-state index is 0.567. The molecule has 0 radical (unpaired) electrons. The van der Waals surface area contributed by atoms with Gasteiger partial charge in [0.15, 0.2) is 0 Å². The summed E-state index contributed by atoms with van der Waals surface area (Å²) in [5.41, 5.74) is 1.28. The first-order chi connectivity index (χ1) is 9.60. The summed E-state index contributed by atoms with van der Waals surface area (Å²) in [6.45, 7) is 5.69. The zero-order valence-corrected chi connectivity index (χ0v) is 14.0. The lowest BCUT2D eigenvalue weighted by molar-refractivity contribution is 0.348. The maximum absolute atomic E-state index is 6.13. The molecule has 1 aromatic rings. The van der Waals surface area contributed by atoms with E-state index >= 15 is 0 Å². The summed E-state index contributed by atoms with van der Waals surface area (Å²) >= 11 is 12.1. The Morgan fingerprint density at radius 1 is 1.25 bits per heavy atom. The highest BCUT2D eigenvalue weighted by Crippen LogP contribution is 2.34. The Morgan fingerprint density at radius 3 is 2.65 bits per heavy atom. The van der Waals surface area contributed by atoms with Crippen molar-refractivity contribution in [1.29, 1.82) is 0 Å². The van der Waals surface area contributed by atoms with Gasteiger partial charge in [0, 0.05) is 6.04 Å². The van der Waals surface area contributed by atoms with E-state index in [1.807, 2.05) is 12.1 Å². The molecule has 0 aliphatic heterocycles. The third-order valence-corrected chi connectivity index (χ3v) is 5.14. The van der Waals surface area contributed by atoms with Gasteiger partial charge in [0.2, 0.25) is 0 Å². The van der Waals surface area contributed by atoms with E-state index in [9.17, 15) is 0 Å². The van der Waals surface area contributed by atoms with Crippen LogP contribution in [0.15, 0.2) is 18.2 Å².